The first kappa shape index (κ1) is 36.5. The molecule has 0 aliphatic rings. The summed E-state index contributed by atoms with van der Waals surface area (Å²) in [5, 5.41) is 4.67. The van der Waals surface area contributed by atoms with E-state index in [4.69, 9.17) is 4.42 Å². The first-order chi connectivity index (χ1) is 31.2. The maximum Gasteiger partial charge on any atom is 0.143 e. The van der Waals surface area contributed by atoms with Gasteiger partial charge >= 0.3 is 0 Å². The fourth-order valence-electron chi connectivity index (χ4n) is 9.43. The van der Waals surface area contributed by atoms with Crippen molar-refractivity contribution in [1.82, 2.24) is 4.57 Å². The highest BCUT2D eigenvalue weighted by Gasteiger charge is 2.22. The van der Waals surface area contributed by atoms with Crippen molar-refractivity contribution in [2.75, 3.05) is 4.90 Å². The molecule has 0 fully saturated rings. The molecule has 0 spiro atoms. The Labute approximate surface area is 366 Å². The second-order valence-corrected chi connectivity index (χ2v) is 16.1. The summed E-state index contributed by atoms with van der Waals surface area (Å²) in [6.07, 6.45) is 0. The Balaban J connectivity index is 1.13. The Hall–Kier alpha value is -8.40. The molecule has 12 aromatic rings. The summed E-state index contributed by atoms with van der Waals surface area (Å²) in [6, 6.07) is 87.2. The van der Waals surface area contributed by atoms with E-state index in [9.17, 15) is 0 Å². The van der Waals surface area contributed by atoms with Crippen LogP contribution < -0.4 is 4.90 Å². The average Bonchev–Trinajstić information content (AvgIpc) is 3.91. The van der Waals surface area contributed by atoms with Crippen molar-refractivity contribution in [3.05, 3.63) is 243 Å². The predicted molar refractivity (Wildman–Crippen MR) is 264 cm³/mol. The molecule has 3 heteroatoms. The number of anilines is 3. The van der Waals surface area contributed by atoms with Crippen LogP contribution >= 0.6 is 0 Å². The van der Waals surface area contributed by atoms with Crippen LogP contribution in [0.1, 0.15) is 0 Å². The van der Waals surface area contributed by atoms with Crippen molar-refractivity contribution in [2.24, 2.45) is 0 Å². The summed E-state index contributed by atoms with van der Waals surface area (Å²) in [6.45, 7) is 0. The Morgan fingerprint density at radius 2 is 0.905 bits per heavy atom. The summed E-state index contributed by atoms with van der Waals surface area (Å²) < 4.78 is 9.12. The van der Waals surface area contributed by atoms with Gasteiger partial charge in [-0.3, -0.25) is 0 Å². The van der Waals surface area contributed by atoms with E-state index < -0.39 is 0 Å². The van der Waals surface area contributed by atoms with Crippen molar-refractivity contribution in [3.8, 4) is 50.2 Å². The predicted octanol–water partition coefficient (Wildman–Crippen LogP) is 16.8. The molecule has 2 aromatic heterocycles. The highest BCUT2D eigenvalue weighted by molar-refractivity contribution is 6.11. The van der Waals surface area contributed by atoms with Gasteiger partial charge < -0.3 is 13.9 Å². The van der Waals surface area contributed by atoms with E-state index in [2.05, 4.69) is 246 Å². The third kappa shape index (κ3) is 6.38. The number of fused-ring (bicyclic) bond motifs is 6. The van der Waals surface area contributed by atoms with Crippen molar-refractivity contribution in [1.29, 1.82) is 0 Å². The van der Waals surface area contributed by atoms with Gasteiger partial charge in [-0.05, 0) is 100 Å². The third-order valence-electron chi connectivity index (χ3n) is 12.4. The highest BCUT2D eigenvalue weighted by Crippen LogP contribution is 2.46. The van der Waals surface area contributed by atoms with Crippen LogP contribution in [0.25, 0.3) is 93.9 Å². The zero-order valence-electron chi connectivity index (χ0n) is 34.4. The van der Waals surface area contributed by atoms with Crippen LogP contribution in [0.4, 0.5) is 17.1 Å². The third-order valence-corrected chi connectivity index (χ3v) is 12.4. The average molecular weight is 805 g/mol. The van der Waals surface area contributed by atoms with Crippen molar-refractivity contribution < 1.29 is 4.42 Å². The Morgan fingerprint density at radius 1 is 0.317 bits per heavy atom. The second kappa shape index (κ2) is 15.3. The number of benzene rings is 10. The number of rotatable bonds is 8. The number of furan rings is 1. The zero-order valence-corrected chi connectivity index (χ0v) is 34.4. The van der Waals surface area contributed by atoms with E-state index in [1.807, 2.05) is 6.07 Å². The van der Waals surface area contributed by atoms with Gasteiger partial charge in [-0.15, -0.1) is 0 Å². The molecule has 0 aliphatic carbocycles. The fourth-order valence-corrected chi connectivity index (χ4v) is 9.43. The van der Waals surface area contributed by atoms with Gasteiger partial charge in [0.05, 0.1) is 16.7 Å². The fraction of sp³-hybridized carbons (Fsp3) is 0. The first-order valence-corrected chi connectivity index (χ1v) is 21.5. The summed E-state index contributed by atoms with van der Waals surface area (Å²) >= 11 is 0. The van der Waals surface area contributed by atoms with Crippen LogP contribution in [0, 0.1) is 0 Å². The molecule has 0 unspecified atom stereocenters. The Kier molecular flexibility index (Phi) is 8.83. The van der Waals surface area contributed by atoms with Gasteiger partial charge in [0.1, 0.15) is 11.2 Å². The molecule has 0 radical (unpaired) electrons. The van der Waals surface area contributed by atoms with Gasteiger partial charge in [-0.25, -0.2) is 0 Å². The normalized spacial score (nSPS) is 11.5. The molecule has 12 rings (SSSR count). The van der Waals surface area contributed by atoms with Crippen LogP contribution in [-0.2, 0) is 0 Å². The smallest absolute Gasteiger partial charge is 0.143 e. The summed E-state index contributed by atoms with van der Waals surface area (Å²) in [5.41, 5.74) is 17.4. The molecule has 296 valence electrons. The van der Waals surface area contributed by atoms with E-state index in [1.54, 1.807) is 0 Å². The lowest BCUT2D eigenvalue weighted by Gasteiger charge is -2.29. The molecular formula is C60H40N2O. The van der Waals surface area contributed by atoms with Crippen LogP contribution in [0.5, 0.6) is 0 Å². The van der Waals surface area contributed by atoms with E-state index >= 15 is 0 Å². The van der Waals surface area contributed by atoms with Gasteiger partial charge in [-0.2, -0.15) is 0 Å². The molecule has 3 nitrogen and oxygen atoms in total. The maximum atomic E-state index is 6.72. The summed E-state index contributed by atoms with van der Waals surface area (Å²) in [4.78, 5) is 2.42. The molecule has 2 heterocycles. The monoisotopic (exact) mass is 804 g/mol. The van der Waals surface area contributed by atoms with Crippen LogP contribution in [0.15, 0.2) is 247 Å². The van der Waals surface area contributed by atoms with Crippen molar-refractivity contribution in [2.45, 2.75) is 0 Å². The van der Waals surface area contributed by atoms with Gasteiger partial charge in [0, 0.05) is 49.7 Å². The molecule has 0 atom stereocenters. The van der Waals surface area contributed by atoms with Crippen LogP contribution in [-0.4, -0.2) is 4.57 Å². The zero-order chi connectivity index (χ0) is 41.7. The molecule has 0 saturated heterocycles. The highest BCUT2D eigenvalue weighted by atomic mass is 16.3. The van der Waals surface area contributed by atoms with E-state index in [0.29, 0.717) is 0 Å². The van der Waals surface area contributed by atoms with E-state index in [0.717, 1.165) is 83.6 Å². The second-order valence-electron chi connectivity index (χ2n) is 16.1. The molecule has 0 saturated carbocycles. The number of nitrogens with zero attached hydrogens (tertiary/aromatic N) is 2. The molecule has 0 N–H and O–H groups in total. The number of hydrogen-bond acceptors (Lipinski definition) is 2. The molecular weight excluding hydrogens is 765 g/mol. The van der Waals surface area contributed by atoms with Gasteiger partial charge in [-0.1, -0.05) is 176 Å². The van der Waals surface area contributed by atoms with E-state index in [-0.39, 0.29) is 0 Å². The van der Waals surface area contributed by atoms with Gasteiger partial charge in [0.25, 0.3) is 0 Å². The minimum absolute atomic E-state index is 0.880. The van der Waals surface area contributed by atoms with Crippen molar-refractivity contribution in [3.63, 3.8) is 0 Å². The molecule has 63 heavy (non-hydrogen) atoms. The SMILES string of the molecule is c1ccc(-c2ccc(N(c3cc(-c4ccc5c6ccccc6n(-c6ccccc6)c5c4)cc(-c4cccc5c4oc4ccccc45)c3)c3ccccc3-c3ccccc3)cc2)cc1. The molecule has 10 aromatic carbocycles. The lowest BCUT2D eigenvalue weighted by atomic mass is 9.95. The van der Waals surface area contributed by atoms with Gasteiger partial charge in [0.2, 0.25) is 0 Å². The number of aromatic nitrogens is 1. The standard InChI is InChI=1S/C60H40N2O/c1-4-17-41(18-5-1)42-31-34-48(35-32-42)61(56-28-13-10-23-50(56)43-19-6-2-7-20-43)49-38-45(37-46(39-49)51-26-16-27-55-54-25-12-15-30-59(54)63-60(51)55)44-33-36-53-52-24-11-14-29-57(52)62(58(53)40-44)47-21-8-3-9-22-47/h1-40H. The lowest BCUT2D eigenvalue weighted by Crippen LogP contribution is -2.11. The maximum absolute atomic E-state index is 6.72. The van der Waals surface area contributed by atoms with Crippen LogP contribution in [0.2, 0.25) is 0 Å². The summed E-state index contributed by atoms with van der Waals surface area (Å²) in [5.74, 6) is 0. The van der Waals surface area contributed by atoms with Crippen LogP contribution in [0.3, 0.4) is 0 Å². The minimum atomic E-state index is 0.880. The van der Waals surface area contributed by atoms with E-state index in [1.165, 1.54) is 27.4 Å². The Morgan fingerprint density at radius 3 is 1.71 bits per heavy atom. The molecule has 0 aliphatic heterocycles. The molecule has 0 bridgehead atoms. The Bertz CT molecular complexity index is 3600. The quantitative estimate of drug-likeness (QED) is 0.153. The first-order valence-electron chi connectivity index (χ1n) is 21.5. The van der Waals surface area contributed by atoms with Gasteiger partial charge in [0.15, 0.2) is 0 Å². The van der Waals surface area contributed by atoms with Crippen molar-refractivity contribution >= 4 is 60.8 Å². The number of para-hydroxylation sites is 5. The topological polar surface area (TPSA) is 21.3 Å². The summed E-state index contributed by atoms with van der Waals surface area (Å²) in [7, 11) is 0. The largest absolute Gasteiger partial charge is 0.455 e. The molecule has 0 amide bonds. The number of hydrogen-bond donors (Lipinski definition) is 0. The minimum Gasteiger partial charge on any atom is -0.455 e. The lowest BCUT2D eigenvalue weighted by molar-refractivity contribution is 0.670.